The molecular weight excluding hydrogens is 244 g/mol. The second-order valence-corrected chi connectivity index (χ2v) is 5.35. The molecule has 1 heterocycles. The van der Waals surface area contributed by atoms with Gasteiger partial charge in [-0.15, -0.1) is 11.3 Å². The van der Waals surface area contributed by atoms with Gasteiger partial charge in [0.1, 0.15) is 0 Å². The molecule has 0 amide bonds. The second-order valence-electron chi connectivity index (χ2n) is 4.37. The summed E-state index contributed by atoms with van der Waals surface area (Å²) in [7, 11) is 6.02. The molecule has 0 aliphatic carbocycles. The van der Waals surface area contributed by atoms with Crippen LogP contribution in [0.3, 0.4) is 0 Å². The Labute approximate surface area is 114 Å². The molecule has 102 valence electrons. The van der Waals surface area contributed by atoms with Gasteiger partial charge in [-0.3, -0.25) is 4.99 Å². The molecule has 0 saturated carbocycles. The van der Waals surface area contributed by atoms with Crippen LogP contribution in [0.25, 0.3) is 0 Å². The Morgan fingerprint density at radius 2 is 2.22 bits per heavy atom. The van der Waals surface area contributed by atoms with Gasteiger partial charge in [0.15, 0.2) is 5.96 Å². The van der Waals surface area contributed by atoms with Gasteiger partial charge in [-0.05, 0) is 32.0 Å². The maximum absolute atomic E-state index is 4.22. The number of aliphatic imine (C=N–C) groups is 1. The maximum Gasteiger partial charge on any atom is 0.191 e. The summed E-state index contributed by atoms with van der Waals surface area (Å²) in [6.07, 6.45) is 1.10. The first kappa shape index (κ1) is 15.0. The summed E-state index contributed by atoms with van der Waals surface area (Å²) in [6.45, 7) is 3.96. The Balaban J connectivity index is 2.52. The van der Waals surface area contributed by atoms with Crippen LogP contribution < -0.4 is 10.6 Å². The van der Waals surface area contributed by atoms with Crippen molar-refractivity contribution < 1.29 is 0 Å². The molecule has 0 aromatic carbocycles. The fourth-order valence-corrected chi connectivity index (χ4v) is 2.60. The Morgan fingerprint density at radius 3 is 2.72 bits per heavy atom. The lowest BCUT2D eigenvalue weighted by molar-refractivity contribution is 0.302. The second kappa shape index (κ2) is 8.11. The van der Waals surface area contributed by atoms with Gasteiger partial charge in [-0.1, -0.05) is 13.0 Å². The summed E-state index contributed by atoms with van der Waals surface area (Å²) >= 11 is 1.79. The van der Waals surface area contributed by atoms with E-state index < -0.39 is 0 Å². The minimum atomic E-state index is 0.380. The van der Waals surface area contributed by atoms with E-state index >= 15 is 0 Å². The quantitative estimate of drug-likeness (QED) is 0.612. The van der Waals surface area contributed by atoms with Crippen LogP contribution in [0.4, 0.5) is 0 Å². The maximum atomic E-state index is 4.22. The van der Waals surface area contributed by atoms with Gasteiger partial charge in [0.05, 0.1) is 6.04 Å². The van der Waals surface area contributed by atoms with Crippen molar-refractivity contribution in [1.82, 2.24) is 15.5 Å². The normalized spacial score (nSPS) is 13.7. The summed E-state index contributed by atoms with van der Waals surface area (Å²) in [5, 5.41) is 8.78. The zero-order valence-corrected chi connectivity index (χ0v) is 12.5. The highest BCUT2D eigenvalue weighted by molar-refractivity contribution is 7.10. The average molecular weight is 268 g/mol. The molecule has 2 N–H and O–H groups in total. The Bertz CT molecular complexity index is 346. The van der Waals surface area contributed by atoms with E-state index in [9.17, 15) is 0 Å². The number of guanidine groups is 1. The first-order valence-corrected chi connectivity index (χ1v) is 7.21. The van der Waals surface area contributed by atoms with Crippen molar-refractivity contribution in [3.8, 4) is 0 Å². The predicted octanol–water partition coefficient (Wildman–Crippen LogP) is 1.93. The van der Waals surface area contributed by atoms with E-state index in [2.05, 4.69) is 59.1 Å². The molecule has 0 aliphatic heterocycles. The molecule has 5 heteroatoms. The molecule has 0 fully saturated rings. The molecule has 0 saturated heterocycles. The van der Waals surface area contributed by atoms with Crippen molar-refractivity contribution in [3.63, 3.8) is 0 Å². The van der Waals surface area contributed by atoms with Gasteiger partial charge >= 0.3 is 0 Å². The number of nitrogens with one attached hydrogen (secondary N) is 2. The van der Waals surface area contributed by atoms with Gasteiger partial charge in [0.2, 0.25) is 0 Å². The van der Waals surface area contributed by atoms with E-state index in [1.165, 1.54) is 4.88 Å². The van der Waals surface area contributed by atoms with E-state index in [-0.39, 0.29) is 0 Å². The molecule has 0 radical (unpaired) electrons. The van der Waals surface area contributed by atoms with Crippen molar-refractivity contribution in [2.45, 2.75) is 19.4 Å². The molecular formula is C13H24N4S. The van der Waals surface area contributed by atoms with Crippen LogP contribution in [0.1, 0.15) is 24.3 Å². The summed E-state index contributed by atoms with van der Waals surface area (Å²) < 4.78 is 0. The van der Waals surface area contributed by atoms with E-state index in [0.29, 0.717) is 6.04 Å². The van der Waals surface area contributed by atoms with Crippen LogP contribution in [0, 0.1) is 0 Å². The zero-order valence-electron chi connectivity index (χ0n) is 11.7. The van der Waals surface area contributed by atoms with Gasteiger partial charge in [-0.2, -0.15) is 0 Å². The number of hydrogen-bond acceptors (Lipinski definition) is 3. The van der Waals surface area contributed by atoms with Gasteiger partial charge in [0, 0.05) is 25.0 Å². The summed E-state index contributed by atoms with van der Waals surface area (Å²) in [5.41, 5.74) is 0. The van der Waals surface area contributed by atoms with Crippen molar-refractivity contribution in [1.29, 1.82) is 0 Å². The summed E-state index contributed by atoms with van der Waals surface area (Å²) in [6, 6.07) is 4.66. The van der Waals surface area contributed by atoms with E-state index in [1.807, 2.05) is 0 Å². The van der Waals surface area contributed by atoms with Gasteiger partial charge in [-0.25, -0.2) is 0 Å². The smallest absolute Gasteiger partial charge is 0.191 e. The lowest BCUT2D eigenvalue weighted by Crippen LogP contribution is -2.41. The molecule has 1 aromatic rings. The SMILES string of the molecule is CCCNC(=NC)NCC(c1cccs1)N(C)C. The average Bonchev–Trinajstić information content (AvgIpc) is 2.86. The Morgan fingerprint density at radius 1 is 1.44 bits per heavy atom. The van der Waals surface area contributed by atoms with Gasteiger partial charge < -0.3 is 15.5 Å². The third-order valence-electron chi connectivity index (χ3n) is 2.72. The summed E-state index contributed by atoms with van der Waals surface area (Å²) in [5.74, 6) is 0.875. The third-order valence-corrected chi connectivity index (χ3v) is 3.70. The summed E-state index contributed by atoms with van der Waals surface area (Å²) in [4.78, 5) is 7.82. The topological polar surface area (TPSA) is 39.7 Å². The zero-order chi connectivity index (χ0) is 13.4. The first-order chi connectivity index (χ1) is 8.69. The molecule has 1 atom stereocenters. The van der Waals surface area contributed by atoms with Crippen molar-refractivity contribution >= 4 is 17.3 Å². The van der Waals surface area contributed by atoms with E-state index in [1.54, 1.807) is 18.4 Å². The highest BCUT2D eigenvalue weighted by Crippen LogP contribution is 2.22. The molecule has 1 aromatic heterocycles. The van der Waals surface area contributed by atoms with E-state index in [0.717, 1.165) is 25.5 Å². The highest BCUT2D eigenvalue weighted by Gasteiger charge is 2.15. The van der Waals surface area contributed by atoms with Gasteiger partial charge in [0.25, 0.3) is 0 Å². The molecule has 1 rings (SSSR count). The number of hydrogen-bond donors (Lipinski definition) is 2. The molecule has 1 unspecified atom stereocenters. The predicted molar refractivity (Wildman–Crippen MR) is 80.4 cm³/mol. The van der Waals surface area contributed by atoms with Crippen LogP contribution in [-0.4, -0.2) is 45.1 Å². The fourth-order valence-electron chi connectivity index (χ4n) is 1.68. The van der Waals surface area contributed by atoms with Crippen LogP contribution >= 0.6 is 11.3 Å². The molecule has 0 bridgehead atoms. The standard InChI is InChI=1S/C13H24N4S/c1-5-8-15-13(14-2)16-10-11(17(3)4)12-7-6-9-18-12/h6-7,9,11H,5,8,10H2,1-4H3,(H2,14,15,16). The fraction of sp³-hybridized carbons (Fsp3) is 0.615. The molecule has 18 heavy (non-hydrogen) atoms. The molecule has 0 spiro atoms. The number of nitrogens with zero attached hydrogens (tertiary/aromatic N) is 2. The first-order valence-electron chi connectivity index (χ1n) is 6.33. The van der Waals surface area contributed by atoms with Crippen molar-refractivity contribution in [3.05, 3.63) is 22.4 Å². The molecule has 0 aliphatic rings. The lowest BCUT2D eigenvalue weighted by atomic mass is 10.2. The minimum absolute atomic E-state index is 0.380. The Hall–Kier alpha value is -1.07. The lowest BCUT2D eigenvalue weighted by Gasteiger charge is -2.24. The van der Waals surface area contributed by atoms with Crippen LogP contribution in [0.15, 0.2) is 22.5 Å². The van der Waals surface area contributed by atoms with Crippen LogP contribution in [0.2, 0.25) is 0 Å². The number of likely N-dealkylation sites (N-methyl/N-ethyl adjacent to an activating group) is 1. The third kappa shape index (κ3) is 4.66. The molecule has 4 nitrogen and oxygen atoms in total. The number of thiophene rings is 1. The number of rotatable bonds is 6. The van der Waals surface area contributed by atoms with Crippen molar-refractivity contribution in [2.24, 2.45) is 4.99 Å². The van der Waals surface area contributed by atoms with Crippen molar-refractivity contribution in [2.75, 3.05) is 34.2 Å². The monoisotopic (exact) mass is 268 g/mol. The van der Waals surface area contributed by atoms with Crippen LogP contribution in [0.5, 0.6) is 0 Å². The van der Waals surface area contributed by atoms with E-state index in [4.69, 9.17) is 0 Å². The largest absolute Gasteiger partial charge is 0.356 e. The minimum Gasteiger partial charge on any atom is -0.356 e. The van der Waals surface area contributed by atoms with Crippen LogP contribution in [-0.2, 0) is 0 Å². The Kier molecular flexibility index (Phi) is 6.75. The highest BCUT2D eigenvalue weighted by atomic mass is 32.1.